The Morgan fingerprint density at radius 2 is 2.12 bits per heavy atom. The lowest BCUT2D eigenvalue weighted by atomic mass is 10.1. The summed E-state index contributed by atoms with van der Waals surface area (Å²) in [7, 11) is 0. The third-order valence-electron chi connectivity index (χ3n) is 4.04. The number of nitro benzene ring substituents is 1. The number of anilines is 2. The topological polar surface area (TPSA) is 137 Å². The molecule has 136 valence electrons. The molecule has 0 aliphatic carbocycles. The number of hydrogen-bond acceptors (Lipinski definition) is 6. The highest BCUT2D eigenvalue weighted by atomic mass is 32.1. The van der Waals surface area contributed by atoms with Gasteiger partial charge in [-0.25, -0.2) is 4.79 Å². The van der Waals surface area contributed by atoms with Crippen LogP contribution in [0.25, 0.3) is 0 Å². The number of nitrogens with two attached hydrogens (primary N) is 1. The van der Waals surface area contributed by atoms with E-state index < -0.39 is 16.9 Å². The molecule has 0 saturated heterocycles. The van der Waals surface area contributed by atoms with E-state index in [-0.39, 0.29) is 5.69 Å². The molecule has 0 spiro atoms. The van der Waals surface area contributed by atoms with Gasteiger partial charge in [0, 0.05) is 10.9 Å². The highest BCUT2D eigenvalue weighted by Gasteiger charge is 2.25. The first-order valence-electron chi connectivity index (χ1n) is 7.72. The fourth-order valence-corrected chi connectivity index (χ4v) is 3.98. The molecule has 2 heterocycles. The first-order chi connectivity index (χ1) is 12.4. The number of hydrogen-bond donors (Lipinski definition) is 3. The maximum atomic E-state index is 12.3. The largest absolute Gasteiger partial charge is 0.376 e. The van der Waals surface area contributed by atoms with Crippen molar-refractivity contribution in [2.24, 2.45) is 5.73 Å². The zero-order chi connectivity index (χ0) is 18.8. The number of nitro groups is 1. The van der Waals surface area contributed by atoms with Crippen molar-refractivity contribution in [3.63, 3.8) is 0 Å². The highest BCUT2D eigenvalue weighted by molar-refractivity contribution is 7.17. The van der Waals surface area contributed by atoms with Gasteiger partial charge in [0.1, 0.15) is 5.00 Å². The van der Waals surface area contributed by atoms with Gasteiger partial charge in [0.2, 0.25) is 0 Å². The summed E-state index contributed by atoms with van der Waals surface area (Å²) in [5, 5.41) is 16.5. The molecule has 0 atom stereocenters. The molecule has 3 rings (SSSR count). The van der Waals surface area contributed by atoms with Crippen molar-refractivity contribution < 1.29 is 19.2 Å². The van der Waals surface area contributed by atoms with Gasteiger partial charge < -0.3 is 15.8 Å². The number of fused-ring (bicyclic) bond motifs is 1. The molecule has 9 nitrogen and oxygen atoms in total. The standard InChI is InChI=1S/C16H16N4O5S/c1-8-10(3-2-4-11(8)20(23)24)18-16(22)19-15-13(14(17)21)9-5-6-25-7-12(9)26-15/h2-4H,5-7H2,1H3,(H2,17,21)(H2,18,19,22). The van der Waals surface area contributed by atoms with Gasteiger partial charge in [0.15, 0.2) is 0 Å². The van der Waals surface area contributed by atoms with E-state index in [9.17, 15) is 19.7 Å². The average molecular weight is 376 g/mol. The molecule has 0 unspecified atom stereocenters. The number of thiophene rings is 1. The van der Waals surface area contributed by atoms with Crippen molar-refractivity contribution >= 4 is 39.7 Å². The Morgan fingerprint density at radius 3 is 2.81 bits per heavy atom. The van der Waals surface area contributed by atoms with Crippen molar-refractivity contribution in [3.05, 3.63) is 49.9 Å². The van der Waals surface area contributed by atoms with Gasteiger partial charge in [0.25, 0.3) is 11.6 Å². The van der Waals surface area contributed by atoms with Gasteiger partial charge in [-0.15, -0.1) is 11.3 Å². The SMILES string of the molecule is Cc1c(NC(=O)Nc2sc3c(c2C(N)=O)CCOC3)cccc1[N+](=O)[O-]. The lowest BCUT2D eigenvalue weighted by Gasteiger charge is -2.12. The Hall–Kier alpha value is -2.98. The van der Waals surface area contributed by atoms with Gasteiger partial charge in [-0.3, -0.25) is 20.2 Å². The van der Waals surface area contributed by atoms with E-state index in [1.54, 1.807) is 13.0 Å². The van der Waals surface area contributed by atoms with E-state index in [0.717, 1.165) is 10.4 Å². The molecule has 26 heavy (non-hydrogen) atoms. The number of rotatable bonds is 4. The Labute approximate surface area is 152 Å². The van der Waals surface area contributed by atoms with Crippen molar-refractivity contribution in [3.8, 4) is 0 Å². The molecule has 0 radical (unpaired) electrons. The van der Waals surface area contributed by atoms with Crippen LogP contribution in [0.3, 0.4) is 0 Å². The molecule has 0 fully saturated rings. The molecule has 3 amide bonds. The zero-order valence-electron chi connectivity index (χ0n) is 13.8. The molecule has 1 aliphatic rings. The highest BCUT2D eigenvalue weighted by Crippen LogP contribution is 2.36. The molecular formula is C16H16N4O5S. The lowest BCUT2D eigenvalue weighted by molar-refractivity contribution is -0.385. The van der Waals surface area contributed by atoms with Crippen LogP contribution < -0.4 is 16.4 Å². The third-order valence-corrected chi connectivity index (χ3v) is 5.16. The predicted molar refractivity (Wildman–Crippen MR) is 96.7 cm³/mol. The first kappa shape index (κ1) is 17.8. The minimum Gasteiger partial charge on any atom is -0.376 e. The molecule has 1 aromatic heterocycles. The van der Waals surface area contributed by atoms with Crippen LogP contribution in [-0.2, 0) is 17.8 Å². The van der Waals surface area contributed by atoms with Gasteiger partial charge in [-0.1, -0.05) is 6.07 Å². The van der Waals surface area contributed by atoms with Gasteiger partial charge in [0.05, 0.1) is 35.0 Å². The van der Waals surface area contributed by atoms with Crippen molar-refractivity contribution in [2.45, 2.75) is 20.0 Å². The second-order valence-electron chi connectivity index (χ2n) is 5.66. The van der Waals surface area contributed by atoms with Crippen LogP contribution in [0.1, 0.15) is 26.4 Å². The van der Waals surface area contributed by atoms with Crippen LogP contribution in [0.5, 0.6) is 0 Å². The molecular weight excluding hydrogens is 360 g/mol. The van der Waals surface area contributed by atoms with E-state index in [0.29, 0.717) is 41.4 Å². The van der Waals surface area contributed by atoms with Gasteiger partial charge in [-0.05, 0) is 25.0 Å². The van der Waals surface area contributed by atoms with E-state index in [4.69, 9.17) is 10.5 Å². The second kappa shape index (κ2) is 7.10. The number of urea groups is 1. The summed E-state index contributed by atoms with van der Waals surface area (Å²) >= 11 is 1.24. The fourth-order valence-electron chi connectivity index (χ4n) is 2.79. The Balaban J connectivity index is 1.83. The number of amides is 3. The Kier molecular flexibility index (Phi) is 4.87. The number of carbonyl (C=O) groups excluding carboxylic acids is 2. The normalized spacial score (nSPS) is 13.0. The maximum absolute atomic E-state index is 12.3. The predicted octanol–water partition coefficient (Wildman–Crippen LogP) is 2.78. The quantitative estimate of drug-likeness (QED) is 0.557. The van der Waals surface area contributed by atoms with E-state index in [1.165, 1.54) is 23.5 Å². The number of ether oxygens (including phenoxy) is 1. The summed E-state index contributed by atoms with van der Waals surface area (Å²) in [6, 6.07) is 3.79. The summed E-state index contributed by atoms with van der Waals surface area (Å²) in [5.41, 5.74) is 7.11. The molecule has 2 aromatic rings. The van der Waals surface area contributed by atoms with Crippen LogP contribution in [0, 0.1) is 17.0 Å². The monoisotopic (exact) mass is 376 g/mol. The summed E-state index contributed by atoms with van der Waals surface area (Å²) in [6.07, 6.45) is 0.553. The number of nitrogens with zero attached hydrogens (tertiary/aromatic N) is 1. The summed E-state index contributed by atoms with van der Waals surface area (Å²) < 4.78 is 5.36. The zero-order valence-corrected chi connectivity index (χ0v) is 14.6. The molecule has 10 heteroatoms. The average Bonchev–Trinajstić information content (AvgIpc) is 2.94. The second-order valence-corrected chi connectivity index (χ2v) is 6.77. The van der Waals surface area contributed by atoms with Crippen molar-refractivity contribution in [2.75, 3.05) is 17.2 Å². The van der Waals surface area contributed by atoms with Gasteiger partial charge >= 0.3 is 6.03 Å². The molecule has 0 saturated carbocycles. The number of carbonyl (C=O) groups is 2. The summed E-state index contributed by atoms with van der Waals surface area (Å²) in [4.78, 5) is 35.5. The van der Waals surface area contributed by atoms with Crippen molar-refractivity contribution in [1.29, 1.82) is 0 Å². The third kappa shape index (κ3) is 3.37. The van der Waals surface area contributed by atoms with Gasteiger partial charge in [-0.2, -0.15) is 0 Å². The lowest BCUT2D eigenvalue weighted by Crippen LogP contribution is -2.22. The maximum Gasteiger partial charge on any atom is 0.324 e. The van der Waals surface area contributed by atoms with Crippen LogP contribution in [0.2, 0.25) is 0 Å². The Morgan fingerprint density at radius 1 is 1.35 bits per heavy atom. The van der Waals surface area contributed by atoms with Crippen LogP contribution >= 0.6 is 11.3 Å². The molecule has 1 aromatic carbocycles. The minimum atomic E-state index is -0.619. The number of benzene rings is 1. The molecule has 0 bridgehead atoms. The van der Waals surface area contributed by atoms with Crippen molar-refractivity contribution in [1.82, 2.24) is 0 Å². The smallest absolute Gasteiger partial charge is 0.324 e. The van der Waals surface area contributed by atoms with E-state index >= 15 is 0 Å². The van der Waals surface area contributed by atoms with Crippen LogP contribution in [0.15, 0.2) is 18.2 Å². The van der Waals surface area contributed by atoms with Crippen LogP contribution in [-0.4, -0.2) is 23.5 Å². The Bertz CT molecular complexity index is 908. The number of primary amides is 1. The fraction of sp³-hybridized carbons (Fsp3) is 0.250. The summed E-state index contributed by atoms with van der Waals surface area (Å²) in [6.45, 7) is 2.40. The van der Waals surface area contributed by atoms with E-state index in [1.807, 2.05) is 0 Å². The minimum absolute atomic E-state index is 0.0932. The first-order valence-corrected chi connectivity index (χ1v) is 8.54. The summed E-state index contributed by atoms with van der Waals surface area (Å²) in [5.74, 6) is -0.619. The molecule has 4 N–H and O–H groups in total. The van der Waals surface area contributed by atoms with E-state index in [2.05, 4.69) is 10.6 Å². The number of nitrogens with one attached hydrogen (secondary N) is 2. The molecule has 1 aliphatic heterocycles. The van der Waals surface area contributed by atoms with Crippen LogP contribution in [0.4, 0.5) is 21.2 Å².